The van der Waals surface area contributed by atoms with Crippen LogP contribution in [-0.2, 0) is 32.9 Å². The van der Waals surface area contributed by atoms with E-state index >= 15 is 0 Å². The summed E-state index contributed by atoms with van der Waals surface area (Å²) in [6, 6.07) is 8.20. The van der Waals surface area contributed by atoms with Gasteiger partial charge in [0, 0.05) is 12.0 Å². The standard InChI is InChI=1S/C11H12O2.2ClH.Ti/c1-12-10-7-8-5-3-4-6-9(8)11(10)13-2;;;/h3-6H,7H2,1-2H3;2*1H;/q;;;+2/p-2. The molecule has 0 spiro atoms. The molecule has 5 heteroatoms. The van der Waals surface area contributed by atoms with Crippen molar-refractivity contribution in [2.45, 2.75) is 6.42 Å². The summed E-state index contributed by atoms with van der Waals surface area (Å²) in [5.41, 5.74) is 2.43. The molecular weight excluding hydrogens is 283 g/mol. The molecule has 0 radical (unpaired) electrons. The van der Waals surface area contributed by atoms with Gasteiger partial charge in [0.2, 0.25) is 0 Å². The number of benzene rings is 1. The first-order chi connectivity index (χ1) is 7.78. The van der Waals surface area contributed by atoms with Crippen LogP contribution in [0.4, 0.5) is 0 Å². The molecule has 2 nitrogen and oxygen atoms in total. The second-order valence-corrected chi connectivity index (χ2v) is 5.65. The van der Waals surface area contributed by atoms with Crippen LogP contribution in [0.25, 0.3) is 5.76 Å². The van der Waals surface area contributed by atoms with E-state index in [1.54, 1.807) is 14.2 Å². The zero-order valence-corrected chi connectivity index (χ0v) is 12.2. The number of fused-ring (bicyclic) bond motifs is 1. The summed E-state index contributed by atoms with van der Waals surface area (Å²) in [6.07, 6.45) is 0.843. The third kappa shape index (κ3) is 3.17. The molecule has 86 valence electrons. The molecular formula is C11H12Cl2O2Ti. The summed E-state index contributed by atoms with van der Waals surface area (Å²) in [7, 11) is 13.1. The molecule has 0 unspecified atom stereocenters. The fraction of sp³-hybridized carbons (Fsp3) is 0.273. The van der Waals surface area contributed by atoms with Crippen LogP contribution in [0.2, 0.25) is 0 Å². The SMILES string of the molecule is COC1=C(OC)c2ccccc2C1.[Cl][Ti][Cl]. The molecule has 0 amide bonds. The van der Waals surface area contributed by atoms with Crippen molar-refractivity contribution in [3.8, 4) is 0 Å². The Hall–Kier alpha value is -0.146. The number of methoxy groups -OCH3 is 2. The van der Waals surface area contributed by atoms with Crippen molar-refractivity contribution in [3.63, 3.8) is 0 Å². The normalized spacial score (nSPS) is 12.5. The molecule has 2 rings (SSSR count). The van der Waals surface area contributed by atoms with E-state index < -0.39 is 17.0 Å². The topological polar surface area (TPSA) is 18.5 Å². The third-order valence-corrected chi connectivity index (χ3v) is 2.32. The average molecular weight is 295 g/mol. The van der Waals surface area contributed by atoms with E-state index in [1.807, 2.05) is 12.1 Å². The minimum atomic E-state index is -0.556. The molecule has 0 heterocycles. The van der Waals surface area contributed by atoms with Gasteiger partial charge in [-0.05, 0) is 5.56 Å². The van der Waals surface area contributed by atoms with E-state index in [2.05, 4.69) is 12.1 Å². The fourth-order valence-electron chi connectivity index (χ4n) is 1.69. The molecule has 0 aliphatic heterocycles. The Labute approximate surface area is 112 Å². The van der Waals surface area contributed by atoms with Gasteiger partial charge in [0.25, 0.3) is 0 Å². The Bertz CT molecular complexity index is 380. The van der Waals surface area contributed by atoms with Crippen molar-refractivity contribution in [2.75, 3.05) is 14.2 Å². The Balaban J connectivity index is 0.000000386. The predicted octanol–water partition coefficient (Wildman–Crippen LogP) is 3.58. The van der Waals surface area contributed by atoms with Gasteiger partial charge in [-0.1, -0.05) is 24.3 Å². The van der Waals surface area contributed by atoms with Crippen molar-refractivity contribution in [3.05, 3.63) is 41.2 Å². The average Bonchev–Trinajstić information content (AvgIpc) is 2.67. The van der Waals surface area contributed by atoms with Crippen LogP contribution in [0, 0.1) is 0 Å². The van der Waals surface area contributed by atoms with Crippen molar-refractivity contribution in [1.29, 1.82) is 0 Å². The quantitative estimate of drug-likeness (QED) is 0.776. The summed E-state index contributed by atoms with van der Waals surface area (Å²) >= 11 is -0.556. The molecule has 0 saturated heterocycles. The number of halogens is 2. The maximum atomic E-state index is 5.30. The summed E-state index contributed by atoms with van der Waals surface area (Å²) in [5, 5.41) is 0. The monoisotopic (exact) mass is 294 g/mol. The van der Waals surface area contributed by atoms with E-state index in [9.17, 15) is 0 Å². The van der Waals surface area contributed by atoms with E-state index in [-0.39, 0.29) is 0 Å². The van der Waals surface area contributed by atoms with Crippen LogP contribution < -0.4 is 0 Å². The molecule has 0 fully saturated rings. The summed E-state index contributed by atoms with van der Waals surface area (Å²) in [6.45, 7) is 0. The molecule has 1 aromatic rings. The molecule has 1 aromatic carbocycles. The number of allylic oxidation sites excluding steroid dienone is 1. The molecule has 1 aliphatic carbocycles. The van der Waals surface area contributed by atoms with E-state index in [1.165, 1.54) is 5.56 Å². The molecule has 0 atom stereocenters. The summed E-state index contributed by atoms with van der Waals surface area (Å²) in [4.78, 5) is 0. The van der Waals surface area contributed by atoms with E-state index in [0.29, 0.717) is 0 Å². The van der Waals surface area contributed by atoms with Crippen LogP contribution >= 0.6 is 18.6 Å². The number of rotatable bonds is 2. The maximum absolute atomic E-state index is 5.30. The zero-order valence-electron chi connectivity index (χ0n) is 9.09. The molecule has 0 N–H and O–H groups in total. The Kier molecular flexibility index (Phi) is 6.29. The zero-order chi connectivity index (χ0) is 12.0. The Morgan fingerprint density at radius 1 is 1.12 bits per heavy atom. The van der Waals surface area contributed by atoms with Crippen LogP contribution in [0.1, 0.15) is 11.1 Å². The van der Waals surface area contributed by atoms with Crippen LogP contribution in [0.3, 0.4) is 0 Å². The van der Waals surface area contributed by atoms with Crippen molar-refractivity contribution < 1.29 is 26.5 Å². The first-order valence-corrected chi connectivity index (χ1v) is 8.93. The van der Waals surface area contributed by atoms with Crippen LogP contribution in [-0.4, -0.2) is 14.2 Å². The summed E-state index contributed by atoms with van der Waals surface area (Å²) in [5.74, 6) is 1.79. The van der Waals surface area contributed by atoms with E-state index in [0.717, 1.165) is 23.5 Å². The van der Waals surface area contributed by atoms with Gasteiger partial charge >= 0.3 is 35.6 Å². The number of hydrogen-bond acceptors (Lipinski definition) is 2. The van der Waals surface area contributed by atoms with Crippen molar-refractivity contribution in [2.24, 2.45) is 0 Å². The van der Waals surface area contributed by atoms with Crippen LogP contribution in [0.5, 0.6) is 0 Å². The number of ether oxygens (including phenoxy) is 2. The minimum absolute atomic E-state index is 0.556. The Morgan fingerprint density at radius 2 is 1.75 bits per heavy atom. The first-order valence-electron chi connectivity index (χ1n) is 4.64. The third-order valence-electron chi connectivity index (χ3n) is 2.32. The van der Waals surface area contributed by atoms with Crippen LogP contribution in [0.15, 0.2) is 30.0 Å². The van der Waals surface area contributed by atoms with Gasteiger partial charge < -0.3 is 9.47 Å². The van der Waals surface area contributed by atoms with Gasteiger partial charge in [0.15, 0.2) is 5.76 Å². The van der Waals surface area contributed by atoms with Gasteiger partial charge in [0.05, 0.1) is 14.2 Å². The second-order valence-electron chi connectivity index (χ2n) is 3.07. The second kappa shape index (κ2) is 7.23. The molecule has 0 bridgehead atoms. The summed E-state index contributed by atoms with van der Waals surface area (Å²) < 4.78 is 10.5. The molecule has 1 aliphatic rings. The molecule has 0 aromatic heterocycles. The van der Waals surface area contributed by atoms with Crippen molar-refractivity contribution in [1.82, 2.24) is 0 Å². The van der Waals surface area contributed by atoms with Gasteiger partial charge in [-0.15, -0.1) is 0 Å². The van der Waals surface area contributed by atoms with E-state index in [4.69, 9.17) is 28.1 Å². The Morgan fingerprint density at radius 3 is 2.31 bits per heavy atom. The molecule has 0 saturated carbocycles. The van der Waals surface area contributed by atoms with Gasteiger partial charge in [-0.2, -0.15) is 0 Å². The number of hydrogen-bond donors (Lipinski definition) is 0. The van der Waals surface area contributed by atoms with Gasteiger partial charge in [-0.3, -0.25) is 0 Å². The first kappa shape index (κ1) is 13.9. The van der Waals surface area contributed by atoms with Gasteiger partial charge in [0.1, 0.15) is 5.76 Å². The molecule has 16 heavy (non-hydrogen) atoms. The van der Waals surface area contributed by atoms with Gasteiger partial charge in [-0.25, -0.2) is 0 Å². The fourth-order valence-corrected chi connectivity index (χ4v) is 1.69. The predicted molar refractivity (Wildman–Crippen MR) is 62.8 cm³/mol. The van der Waals surface area contributed by atoms with Crippen molar-refractivity contribution >= 4 is 24.4 Å².